The van der Waals surface area contributed by atoms with Gasteiger partial charge in [0.1, 0.15) is 0 Å². The zero-order chi connectivity index (χ0) is 13.8. The summed E-state index contributed by atoms with van der Waals surface area (Å²) in [5, 5.41) is 0.733. The molecule has 2 aromatic rings. The van der Waals surface area contributed by atoms with Crippen molar-refractivity contribution < 1.29 is 0 Å². The van der Waals surface area contributed by atoms with Crippen molar-refractivity contribution in [3.8, 4) is 0 Å². The van der Waals surface area contributed by atoms with Crippen LogP contribution >= 0.6 is 11.6 Å². The van der Waals surface area contributed by atoms with Gasteiger partial charge in [0.05, 0.1) is 0 Å². The minimum absolute atomic E-state index is 0.704. The van der Waals surface area contributed by atoms with Crippen LogP contribution in [0.3, 0.4) is 0 Å². The Bertz CT molecular complexity index is 566. The third kappa shape index (κ3) is 3.72. The van der Waals surface area contributed by atoms with Gasteiger partial charge in [-0.3, -0.25) is 4.90 Å². The Morgan fingerprint density at radius 1 is 1.05 bits per heavy atom. The van der Waals surface area contributed by atoms with E-state index in [-0.39, 0.29) is 0 Å². The molecule has 2 rings (SSSR count). The van der Waals surface area contributed by atoms with Crippen LogP contribution in [0.25, 0.3) is 0 Å². The molecule has 100 valence electrons. The van der Waals surface area contributed by atoms with Crippen molar-refractivity contribution in [2.75, 3.05) is 12.8 Å². The topological polar surface area (TPSA) is 29.3 Å². The van der Waals surface area contributed by atoms with E-state index < -0.39 is 0 Å². The largest absolute Gasteiger partial charge is 0.399 e. The number of hydrogen-bond donors (Lipinski definition) is 1. The van der Waals surface area contributed by atoms with E-state index >= 15 is 0 Å². The van der Waals surface area contributed by atoms with Crippen LogP contribution in [0, 0.1) is 6.92 Å². The highest BCUT2D eigenvalue weighted by Gasteiger charge is 2.06. The minimum atomic E-state index is 0.704. The number of anilines is 1. The van der Waals surface area contributed by atoms with E-state index in [4.69, 9.17) is 17.3 Å². The summed E-state index contributed by atoms with van der Waals surface area (Å²) in [6.45, 7) is 3.86. The molecule has 0 amide bonds. The van der Waals surface area contributed by atoms with Crippen molar-refractivity contribution >= 4 is 17.3 Å². The molecule has 3 heteroatoms. The smallest absolute Gasteiger partial charge is 0.0471 e. The Kier molecular flexibility index (Phi) is 4.46. The molecular weight excluding hydrogens is 256 g/mol. The summed E-state index contributed by atoms with van der Waals surface area (Å²) in [5.41, 5.74) is 10.2. The number of rotatable bonds is 4. The molecule has 0 unspecified atom stereocenters. The maximum atomic E-state index is 6.20. The van der Waals surface area contributed by atoms with Gasteiger partial charge in [-0.1, -0.05) is 41.9 Å². The van der Waals surface area contributed by atoms with Crippen molar-refractivity contribution in [1.82, 2.24) is 4.90 Å². The molecule has 2 N–H and O–H groups in total. The van der Waals surface area contributed by atoms with E-state index in [1.165, 1.54) is 11.1 Å². The fourth-order valence-corrected chi connectivity index (χ4v) is 2.37. The van der Waals surface area contributed by atoms with Gasteiger partial charge in [-0.25, -0.2) is 0 Å². The van der Waals surface area contributed by atoms with Gasteiger partial charge in [0.15, 0.2) is 0 Å². The van der Waals surface area contributed by atoms with E-state index in [2.05, 4.69) is 43.1 Å². The van der Waals surface area contributed by atoms with Crippen LogP contribution in [0.5, 0.6) is 0 Å². The predicted octanol–water partition coefficient (Wildman–Crippen LogP) is 3.86. The Hall–Kier alpha value is -1.51. The zero-order valence-corrected chi connectivity index (χ0v) is 12.1. The molecule has 0 bridgehead atoms. The fraction of sp³-hybridized carbons (Fsp3) is 0.250. The Morgan fingerprint density at radius 3 is 2.42 bits per heavy atom. The highest BCUT2D eigenvalue weighted by atomic mass is 35.5. The van der Waals surface area contributed by atoms with Crippen molar-refractivity contribution in [2.45, 2.75) is 20.0 Å². The summed E-state index contributed by atoms with van der Waals surface area (Å²) < 4.78 is 0. The lowest BCUT2D eigenvalue weighted by atomic mass is 10.1. The minimum Gasteiger partial charge on any atom is -0.399 e. The van der Waals surface area contributed by atoms with Gasteiger partial charge in [-0.05, 0) is 42.8 Å². The van der Waals surface area contributed by atoms with Gasteiger partial charge in [0.2, 0.25) is 0 Å². The summed E-state index contributed by atoms with van der Waals surface area (Å²) in [7, 11) is 2.10. The molecule has 2 aromatic carbocycles. The predicted molar refractivity (Wildman–Crippen MR) is 82.2 cm³/mol. The number of halogens is 1. The third-order valence-corrected chi connectivity index (χ3v) is 3.57. The first-order valence-electron chi connectivity index (χ1n) is 6.33. The number of hydrogen-bond acceptors (Lipinski definition) is 2. The molecule has 0 radical (unpaired) electrons. The normalized spacial score (nSPS) is 10.9. The highest BCUT2D eigenvalue weighted by Crippen LogP contribution is 2.21. The van der Waals surface area contributed by atoms with Gasteiger partial charge in [0.25, 0.3) is 0 Å². The van der Waals surface area contributed by atoms with Gasteiger partial charge in [-0.2, -0.15) is 0 Å². The third-order valence-electron chi connectivity index (χ3n) is 3.22. The van der Waals surface area contributed by atoms with Crippen LogP contribution in [0.1, 0.15) is 16.7 Å². The first-order valence-corrected chi connectivity index (χ1v) is 6.71. The summed E-state index contributed by atoms with van der Waals surface area (Å²) in [6.07, 6.45) is 0. The van der Waals surface area contributed by atoms with E-state index in [9.17, 15) is 0 Å². The number of aryl methyl sites for hydroxylation is 1. The molecule has 0 saturated carbocycles. The van der Waals surface area contributed by atoms with Gasteiger partial charge < -0.3 is 5.73 Å². The Balaban J connectivity index is 2.05. The summed E-state index contributed by atoms with van der Waals surface area (Å²) in [5.74, 6) is 0. The molecule has 19 heavy (non-hydrogen) atoms. The lowest BCUT2D eigenvalue weighted by Crippen LogP contribution is -2.18. The molecule has 0 heterocycles. The molecule has 0 aliphatic carbocycles. The standard InChI is InChI=1S/C16H19ClN2/c1-12-5-3-4-6-13(12)10-19(2)11-14-7-8-15(18)9-16(14)17/h3-9H,10-11,18H2,1-2H3. The first kappa shape index (κ1) is 13.9. The average molecular weight is 275 g/mol. The lowest BCUT2D eigenvalue weighted by molar-refractivity contribution is 0.318. The van der Waals surface area contributed by atoms with Crippen molar-refractivity contribution in [2.24, 2.45) is 0 Å². The molecule has 2 nitrogen and oxygen atoms in total. The van der Waals surface area contributed by atoms with E-state index in [0.29, 0.717) is 5.69 Å². The van der Waals surface area contributed by atoms with Crippen LogP contribution in [0.2, 0.25) is 5.02 Å². The second-order valence-corrected chi connectivity index (χ2v) is 5.36. The number of benzene rings is 2. The molecule has 0 fully saturated rings. The van der Waals surface area contributed by atoms with Crippen molar-refractivity contribution in [3.05, 3.63) is 64.2 Å². The van der Waals surface area contributed by atoms with E-state index in [1.807, 2.05) is 12.1 Å². The van der Waals surface area contributed by atoms with Gasteiger partial charge >= 0.3 is 0 Å². The van der Waals surface area contributed by atoms with Crippen LogP contribution in [0.4, 0.5) is 5.69 Å². The molecule has 0 aromatic heterocycles. The highest BCUT2D eigenvalue weighted by molar-refractivity contribution is 6.31. The summed E-state index contributed by atoms with van der Waals surface area (Å²) >= 11 is 6.20. The molecule has 0 spiro atoms. The van der Waals surface area contributed by atoms with Crippen LogP contribution in [0.15, 0.2) is 42.5 Å². The SMILES string of the molecule is Cc1ccccc1CN(C)Cc1ccc(N)cc1Cl. The van der Waals surface area contributed by atoms with Gasteiger partial charge in [0, 0.05) is 23.8 Å². The Labute approximate surface area is 119 Å². The zero-order valence-electron chi connectivity index (χ0n) is 11.4. The first-order chi connectivity index (χ1) is 9.06. The molecular formula is C16H19ClN2. The monoisotopic (exact) mass is 274 g/mol. The second-order valence-electron chi connectivity index (χ2n) is 4.95. The summed E-state index contributed by atoms with van der Waals surface area (Å²) in [4.78, 5) is 2.25. The maximum Gasteiger partial charge on any atom is 0.0471 e. The number of nitrogens with two attached hydrogens (primary N) is 1. The quantitative estimate of drug-likeness (QED) is 0.858. The molecule has 0 saturated heterocycles. The number of nitrogen functional groups attached to an aromatic ring is 1. The van der Waals surface area contributed by atoms with E-state index in [1.54, 1.807) is 6.07 Å². The average Bonchev–Trinajstić information content (AvgIpc) is 2.36. The Morgan fingerprint density at radius 2 is 1.74 bits per heavy atom. The van der Waals surface area contributed by atoms with Crippen LogP contribution in [-0.2, 0) is 13.1 Å². The van der Waals surface area contributed by atoms with Crippen molar-refractivity contribution in [1.29, 1.82) is 0 Å². The lowest BCUT2D eigenvalue weighted by Gasteiger charge is -2.19. The van der Waals surface area contributed by atoms with Crippen LogP contribution in [-0.4, -0.2) is 11.9 Å². The van der Waals surface area contributed by atoms with Crippen molar-refractivity contribution in [3.63, 3.8) is 0 Å². The van der Waals surface area contributed by atoms with E-state index in [0.717, 1.165) is 23.7 Å². The molecule has 0 aliphatic heterocycles. The molecule has 0 atom stereocenters. The second kappa shape index (κ2) is 6.09. The van der Waals surface area contributed by atoms with Gasteiger partial charge in [-0.15, -0.1) is 0 Å². The maximum absolute atomic E-state index is 6.20. The summed E-state index contributed by atoms with van der Waals surface area (Å²) in [6, 6.07) is 14.1. The molecule has 0 aliphatic rings. The number of nitrogens with zero attached hydrogens (tertiary/aromatic N) is 1. The van der Waals surface area contributed by atoms with Crippen LogP contribution < -0.4 is 5.73 Å². The fourth-order valence-electron chi connectivity index (χ4n) is 2.12.